The summed E-state index contributed by atoms with van der Waals surface area (Å²) in [6.07, 6.45) is 0. The first-order valence-corrected chi connectivity index (χ1v) is 9.64. The summed E-state index contributed by atoms with van der Waals surface area (Å²) in [6.45, 7) is 14.4. The summed E-state index contributed by atoms with van der Waals surface area (Å²) in [4.78, 5) is 32.4. The average molecular weight is 360 g/mol. The van der Waals surface area contributed by atoms with Crippen molar-refractivity contribution in [3.05, 3.63) is 35.9 Å². The van der Waals surface area contributed by atoms with Gasteiger partial charge < -0.3 is 14.7 Å². The van der Waals surface area contributed by atoms with Gasteiger partial charge in [-0.25, -0.2) is 0 Å². The molecule has 0 radical (unpaired) electrons. The van der Waals surface area contributed by atoms with Gasteiger partial charge in [-0.1, -0.05) is 37.3 Å². The number of hydrogen-bond acceptors (Lipinski definition) is 3. The van der Waals surface area contributed by atoms with Crippen molar-refractivity contribution in [3.8, 4) is 0 Å². The van der Waals surface area contributed by atoms with Crippen molar-refractivity contribution in [1.29, 1.82) is 0 Å². The van der Waals surface area contributed by atoms with Crippen molar-refractivity contribution in [1.82, 2.24) is 14.7 Å². The Morgan fingerprint density at radius 1 is 1.08 bits per heavy atom. The molecule has 1 heterocycles. The zero-order valence-corrected chi connectivity index (χ0v) is 16.9. The van der Waals surface area contributed by atoms with Gasteiger partial charge in [0.15, 0.2) is 0 Å². The molecule has 2 amide bonds. The molecule has 0 atom stereocenters. The highest BCUT2D eigenvalue weighted by molar-refractivity contribution is 6.04. The summed E-state index contributed by atoms with van der Waals surface area (Å²) < 4.78 is 0. The monoisotopic (exact) mass is 359 g/mol. The highest BCUT2D eigenvalue weighted by atomic mass is 16.2. The number of nitrogens with zero attached hydrogens (tertiary/aromatic N) is 3. The van der Waals surface area contributed by atoms with Crippen molar-refractivity contribution in [2.24, 2.45) is 5.41 Å². The lowest BCUT2D eigenvalue weighted by Crippen LogP contribution is -2.56. The smallest absolute Gasteiger partial charge is 0.238 e. The molecule has 26 heavy (non-hydrogen) atoms. The van der Waals surface area contributed by atoms with Crippen LogP contribution in [0.5, 0.6) is 0 Å². The first-order chi connectivity index (χ1) is 12.3. The molecule has 1 fully saturated rings. The van der Waals surface area contributed by atoms with Gasteiger partial charge in [-0.05, 0) is 39.8 Å². The van der Waals surface area contributed by atoms with E-state index in [-0.39, 0.29) is 17.9 Å². The van der Waals surface area contributed by atoms with Crippen LogP contribution in [0.2, 0.25) is 0 Å². The predicted molar refractivity (Wildman–Crippen MR) is 105 cm³/mol. The minimum absolute atomic E-state index is 0.0340. The van der Waals surface area contributed by atoms with E-state index in [1.807, 2.05) is 54.0 Å². The molecule has 2 rings (SSSR count). The quantitative estimate of drug-likeness (QED) is 0.734. The average Bonchev–Trinajstić information content (AvgIpc) is 2.65. The highest BCUT2D eigenvalue weighted by Gasteiger charge is 2.42. The summed E-state index contributed by atoms with van der Waals surface area (Å²) in [5, 5.41) is 0. The fourth-order valence-electron chi connectivity index (χ4n) is 3.38. The van der Waals surface area contributed by atoms with Crippen LogP contribution >= 0.6 is 0 Å². The molecule has 1 saturated heterocycles. The zero-order chi connectivity index (χ0) is 19.3. The summed E-state index contributed by atoms with van der Waals surface area (Å²) in [6, 6.07) is 9.98. The molecule has 1 aliphatic heterocycles. The van der Waals surface area contributed by atoms with Gasteiger partial charge in [-0.3, -0.25) is 9.59 Å². The predicted octanol–water partition coefficient (Wildman–Crippen LogP) is 2.61. The van der Waals surface area contributed by atoms with Gasteiger partial charge >= 0.3 is 0 Å². The molecule has 0 N–H and O–H groups in total. The third-order valence-corrected chi connectivity index (χ3v) is 5.26. The van der Waals surface area contributed by atoms with Gasteiger partial charge in [-0.15, -0.1) is 0 Å². The molecular formula is C21H33N3O2. The maximum atomic E-state index is 13.3. The third kappa shape index (κ3) is 4.64. The van der Waals surface area contributed by atoms with Gasteiger partial charge in [0.25, 0.3) is 0 Å². The number of likely N-dealkylation sites (N-methyl/N-ethyl adjacent to an activating group) is 1. The molecule has 0 aliphatic carbocycles. The Kier molecular flexibility index (Phi) is 6.81. The molecular weight excluding hydrogens is 326 g/mol. The van der Waals surface area contributed by atoms with Crippen molar-refractivity contribution in [2.75, 3.05) is 32.7 Å². The zero-order valence-electron chi connectivity index (χ0n) is 16.9. The van der Waals surface area contributed by atoms with E-state index in [4.69, 9.17) is 0 Å². The number of benzene rings is 1. The van der Waals surface area contributed by atoms with Gasteiger partial charge in [0, 0.05) is 38.8 Å². The minimum Gasteiger partial charge on any atom is -0.339 e. The Hall–Kier alpha value is -1.88. The first kappa shape index (κ1) is 20.4. The van der Waals surface area contributed by atoms with E-state index >= 15 is 0 Å². The van der Waals surface area contributed by atoms with Crippen molar-refractivity contribution in [2.45, 2.75) is 47.2 Å². The van der Waals surface area contributed by atoms with Crippen LogP contribution in [0, 0.1) is 5.41 Å². The fourth-order valence-corrected chi connectivity index (χ4v) is 3.38. The van der Waals surface area contributed by atoms with Crippen molar-refractivity contribution < 1.29 is 9.59 Å². The lowest BCUT2D eigenvalue weighted by atomic mass is 9.88. The number of carbonyl (C=O) groups excluding carboxylic acids is 2. The van der Waals surface area contributed by atoms with Crippen LogP contribution in [-0.2, 0) is 16.1 Å². The van der Waals surface area contributed by atoms with E-state index in [0.717, 1.165) is 25.2 Å². The van der Waals surface area contributed by atoms with E-state index in [0.29, 0.717) is 19.6 Å². The van der Waals surface area contributed by atoms with E-state index in [1.165, 1.54) is 0 Å². The van der Waals surface area contributed by atoms with E-state index in [2.05, 4.69) is 11.8 Å². The normalized spacial score (nSPS) is 16.0. The van der Waals surface area contributed by atoms with Crippen LogP contribution in [-0.4, -0.2) is 65.3 Å². The molecule has 5 nitrogen and oxygen atoms in total. The van der Waals surface area contributed by atoms with E-state index in [9.17, 15) is 9.59 Å². The van der Waals surface area contributed by atoms with Gasteiger partial charge in [0.1, 0.15) is 5.41 Å². The summed E-state index contributed by atoms with van der Waals surface area (Å²) in [5.74, 6) is -0.156. The molecule has 5 heteroatoms. The lowest BCUT2D eigenvalue weighted by Gasteiger charge is -2.40. The molecule has 0 saturated carbocycles. The Balaban J connectivity index is 2.11. The number of carbonyl (C=O) groups is 2. The van der Waals surface area contributed by atoms with Crippen LogP contribution < -0.4 is 0 Å². The third-order valence-electron chi connectivity index (χ3n) is 5.26. The molecule has 1 aliphatic rings. The second kappa shape index (κ2) is 8.67. The largest absolute Gasteiger partial charge is 0.339 e. The highest BCUT2D eigenvalue weighted by Crippen LogP contribution is 2.25. The van der Waals surface area contributed by atoms with Crippen LogP contribution in [0.3, 0.4) is 0 Å². The van der Waals surface area contributed by atoms with Crippen LogP contribution in [0.1, 0.15) is 40.2 Å². The topological polar surface area (TPSA) is 43.9 Å². The Morgan fingerprint density at radius 2 is 1.65 bits per heavy atom. The van der Waals surface area contributed by atoms with Crippen molar-refractivity contribution >= 4 is 11.8 Å². The number of hydrogen-bond donors (Lipinski definition) is 0. The molecule has 1 aromatic carbocycles. The van der Waals surface area contributed by atoms with E-state index < -0.39 is 5.41 Å². The molecule has 1 aromatic rings. The second-order valence-corrected chi connectivity index (χ2v) is 7.86. The fraction of sp³-hybridized carbons (Fsp3) is 0.619. The van der Waals surface area contributed by atoms with Gasteiger partial charge in [0.2, 0.25) is 11.8 Å². The Morgan fingerprint density at radius 3 is 2.15 bits per heavy atom. The van der Waals surface area contributed by atoms with Crippen LogP contribution in [0.15, 0.2) is 30.3 Å². The molecule has 0 aromatic heterocycles. The first-order valence-electron chi connectivity index (χ1n) is 9.64. The number of piperazine rings is 1. The second-order valence-electron chi connectivity index (χ2n) is 7.86. The summed E-state index contributed by atoms with van der Waals surface area (Å²) >= 11 is 0. The molecule has 0 bridgehead atoms. The molecule has 0 spiro atoms. The summed E-state index contributed by atoms with van der Waals surface area (Å²) in [5.41, 5.74) is 0.0299. The van der Waals surface area contributed by atoms with Crippen LogP contribution in [0.4, 0.5) is 0 Å². The van der Waals surface area contributed by atoms with Gasteiger partial charge in [0.05, 0.1) is 0 Å². The SMILES string of the molecule is CCN1CCN(C(=O)C(C)(C)C(=O)N(Cc2ccccc2)C(C)C)CC1. The standard InChI is InChI=1S/C21H33N3O2/c1-6-22-12-14-23(15-13-22)19(25)21(4,5)20(26)24(17(2)3)16-18-10-8-7-9-11-18/h7-11,17H,6,12-16H2,1-5H3. The Labute approximate surface area is 158 Å². The summed E-state index contributed by atoms with van der Waals surface area (Å²) in [7, 11) is 0. The van der Waals surface area contributed by atoms with E-state index in [1.54, 1.807) is 13.8 Å². The number of rotatable bonds is 6. The molecule has 0 unspecified atom stereocenters. The molecule has 144 valence electrons. The van der Waals surface area contributed by atoms with Crippen LogP contribution in [0.25, 0.3) is 0 Å². The lowest BCUT2D eigenvalue weighted by molar-refractivity contribution is -0.156. The van der Waals surface area contributed by atoms with Gasteiger partial charge in [-0.2, -0.15) is 0 Å². The maximum Gasteiger partial charge on any atom is 0.238 e. The minimum atomic E-state index is -1.05. The number of amides is 2. The van der Waals surface area contributed by atoms with Crippen molar-refractivity contribution in [3.63, 3.8) is 0 Å². The maximum absolute atomic E-state index is 13.3. The Bertz CT molecular complexity index is 605.